The SMILES string of the molecule is OCc1nc(Br)ccc1C1CCOCC1. The molecule has 4 heteroatoms. The molecule has 0 bridgehead atoms. The van der Waals surface area contributed by atoms with E-state index in [1.165, 1.54) is 5.56 Å². The lowest BCUT2D eigenvalue weighted by Crippen LogP contribution is -2.16. The molecule has 0 aromatic carbocycles. The summed E-state index contributed by atoms with van der Waals surface area (Å²) in [5.74, 6) is 0.487. The molecule has 0 saturated carbocycles. The van der Waals surface area contributed by atoms with Crippen molar-refractivity contribution in [2.75, 3.05) is 13.2 Å². The number of halogens is 1. The van der Waals surface area contributed by atoms with Crippen LogP contribution in [0.5, 0.6) is 0 Å². The Morgan fingerprint density at radius 3 is 2.80 bits per heavy atom. The van der Waals surface area contributed by atoms with Gasteiger partial charge in [0.15, 0.2) is 0 Å². The van der Waals surface area contributed by atoms with Crippen molar-refractivity contribution in [3.05, 3.63) is 28.0 Å². The third-order valence-corrected chi connectivity index (χ3v) is 3.23. The molecule has 0 amide bonds. The van der Waals surface area contributed by atoms with E-state index in [1.54, 1.807) is 0 Å². The smallest absolute Gasteiger partial charge is 0.106 e. The van der Waals surface area contributed by atoms with E-state index in [9.17, 15) is 5.11 Å². The summed E-state index contributed by atoms with van der Waals surface area (Å²) < 4.78 is 6.11. The lowest BCUT2D eigenvalue weighted by Gasteiger charge is -2.23. The van der Waals surface area contributed by atoms with Crippen LogP contribution in [0.2, 0.25) is 0 Å². The second-order valence-corrected chi connectivity index (χ2v) is 4.53. The van der Waals surface area contributed by atoms with Crippen LogP contribution in [0.25, 0.3) is 0 Å². The highest BCUT2D eigenvalue weighted by atomic mass is 79.9. The fraction of sp³-hybridized carbons (Fsp3) is 0.545. The van der Waals surface area contributed by atoms with Crippen molar-refractivity contribution in [1.82, 2.24) is 4.98 Å². The first-order chi connectivity index (χ1) is 7.31. The lowest BCUT2D eigenvalue weighted by atomic mass is 9.91. The van der Waals surface area contributed by atoms with Gasteiger partial charge < -0.3 is 9.84 Å². The molecular weight excluding hydrogens is 258 g/mol. The van der Waals surface area contributed by atoms with Crippen molar-refractivity contribution in [3.63, 3.8) is 0 Å². The molecular formula is C11H14BrNO2. The van der Waals surface area contributed by atoms with Crippen LogP contribution in [-0.4, -0.2) is 23.3 Å². The van der Waals surface area contributed by atoms with Gasteiger partial charge >= 0.3 is 0 Å². The van der Waals surface area contributed by atoms with Gasteiger partial charge in [-0.1, -0.05) is 6.07 Å². The first kappa shape index (κ1) is 11.0. The highest BCUT2D eigenvalue weighted by Crippen LogP contribution is 2.29. The van der Waals surface area contributed by atoms with Gasteiger partial charge in [-0.2, -0.15) is 0 Å². The molecule has 1 aliphatic rings. The first-order valence-corrected chi connectivity index (χ1v) is 5.94. The quantitative estimate of drug-likeness (QED) is 0.839. The van der Waals surface area contributed by atoms with Crippen molar-refractivity contribution >= 4 is 15.9 Å². The summed E-state index contributed by atoms with van der Waals surface area (Å²) in [7, 11) is 0. The van der Waals surface area contributed by atoms with E-state index in [0.717, 1.165) is 36.4 Å². The average molecular weight is 272 g/mol. The molecule has 0 unspecified atom stereocenters. The Morgan fingerprint density at radius 1 is 1.40 bits per heavy atom. The fourth-order valence-electron chi connectivity index (χ4n) is 1.99. The predicted molar refractivity (Wildman–Crippen MR) is 60.7 cm³/mol. The zero-order valence-electron chi connectivity index (χ0n) is 8.45. The van der Waals surface area contributed by atoms with Crippen LogP contribution in [-0.2, 0) is 11.3 Å². The number of pyridine rings is 1. The number of aliphatic hydroxyl groups is 1. The highest BCUT2D eigenvalue weighted by molar-refractivity contribution is 9.10. The monoisotopic (exact) mass is 271 g/mol. The molecule has 15 heavy (non-hydrogen) atoms. The van der Waals surface area contributed by atoms with Crippen LogP contribution in [0, 0.1) is 0 Å². The Kier molecular flexibility index (Phi) is 3.72. The maximum absolute atomic E-state index is 9.26. The number of rotatable bonds is 2. The summed E-state index contributed by atoms with van der Waals surface area (Å²) in [5.41, 5.74) is 1.96. The minimum Gasteiger partial charge on any atom is -0.390 e. The molecule has 1 aromatic heterocycles. The molecule has 1 aliphatic heterocycles. The van der Waals surface area contributed by atoms with E-state index < -0.39 is 0 Å². The highest BCUT2D eigenvalue weighted by Gasteiger charge is 2.19. The molecule has 0 radical (unpaired) electrons. The molecule has 1 fully saturated rings. The van der Waals surface area contributed by atoms with E-state index in [-0.39, 0.29) is 6.61 Å². The molecule has 0 spiro atoms. The second kappa shape index (κ2) is 5.05. The van der Waals surface area contributed by atoms with Crippen molar-refractivity contribution in [2.45, 2.75) is 25.4 Å². The molecule has 3 nitrogen and oxygen atoms in total. The van der Waals surface area contributed by atoms with Gasteiger partial charge in [-0.15, -0.1) is 0 Å². The summed E-state index contributed by atoms with van der Waals surface area (Å²) in [6.45, 7) is 1.63. The average Bonchev–Trinajstić information content (AvgIpc) is 2.30. The van der Waals surface area contributed by atoms with Crippen LogP contribution in [0.4, 0.5) is 0 Å². The Bertz CT molecular complexity index is 337. The first-order valence-electron chi connectivity index (χ1n) is 5.15. The van der Waals surface area contributed by atoms with Crippen LogP contribution in [0.3, 0.4) is 0 Å². The Hall–Kier alpha value is -0.450. The van der Waals surface area contributed by atoms with Gasteiger partial charge in [0.1, 0.15) is 4.60 Å². The summed E-state index contributed by atoms with van der Waals surface area (Å²) in [5, 5.41) is 9.26. The Balaban J connectivity index is 2.25. The van der Waals surface area contributed by atoms with Gasteiger partial charge in [-0.05, 0) is 46.3 Å². The number of nitrogens with zero attached hydrogens (tertiary/aromatic N) is 1. The van der Waals surface area contributed by atoms with Crippen LogP contribution in [0.1, 0.15) is 30.0 Å². The predicted octanol–water partition coefficient (Wildman–Crippen LogP) is 2.23. The Labute approximate surface area is 97.6 Å². The van der Waals surface area contributed by atoms with E-state index in [0.29, 0.717) is 5.92 Å². The summed E-state index contributed by atoms with van der Waals surface area (Å²) in [6.07, 6.45) is 2.05. The van der Waals surface area contributed by atoms with Gasteiger partial charge in [0.05, 0.1) is 12.3 Å². The van der Waals surface area contributed by atoms with Crippen molar-refractivity contribution in [2.24, 2.45) is 0 Å². The Morgan fingerprint density at radius 2 is 2.13 bits per heavy atom. The number of ether oxygens (including phenoxy) is 1. The molecule has 0 atom stereocenters. The lowest BCUT2D eigenvalue weighted by molar-refractivity contribution is 0.0847. The summed E-state index contributed by atoms with van der Waals surface area (Å²) in [6, 6.07) is 3.99. The summed E-state index contributed by atoms with van der Waals surface area (Å²) >= 11 is 3.31. The van der Waals surface area contributed by atoms with Gasteiger partial charge in [0.25, 0.3) is 0 Å². The van der Waals surface area contributed by atoms with Crippen LogP contribution >= 0.6 is 15.9 Å². The maximum Gasteiger partial charge on any atom is 0.106 e. The molecule has 2 rings (SSSR count). The van der Waals surface area contributed by atoms with E-state index in [1.807, 2.05) is 6.07 Å². The minimum atomic E-state index is 0.00608. The molecule has 2 heterocycles. The third-order valence-electron chi connectivity index (χ3n) is 2.79. The molecule has 1 aromatic rings. The van der Waals surface area contributed by atoms with Gasteiger partial charge in [0.2, 0.25) is 0 Å². The van der Waals surface area contributed by atoms with Crippen molar-refractivity contribution < 1.29 is 9.84 Å². The normalized spacial score (nSPS) is 18.0. The number of aromatic nitrogens is 1. The fourth-order valence-corrected chi connectivity index (χ4v) is 2.34. The molecule has 1 saturated heterocycles. The second-order valence-electron chi connectivity index (χ2n) is 3.71. The molecule has 82 valence electrons. The van der Waals surface area contributed by atoms with Crippen LogP contribution in [0.15, 0.2) is 16.7 Å². The van der Waals surface area contributed by atoms with Gasteiger partial charge in [-0.25, -0.2) is 4.98 Å². The van der Waals surface area contributed by atoms with E-state index in [2.05, 4.69) is 27.0 Å². The van der Waals surface area contributed by atoms with E-state index in [4.69, 9.17) is 4.74 Å². The number of hydrogen-bond acceptors (Lipinski definition) is 3. The molecule has 1 N–H and O–H groups in total. The number of aliphatic hydroxyl groups excluding tert-OH is 1. The zero-order chi connectivity index (χ0) is 10.7. The minimum absolute atomic E-state index is 0.00608. The maximum atomic E-state index is 9.26. The summed E-state index contributed by atoms with van der Waals surface area (Å²) in [4.78, 5) is 4.29. The zero-order valence-corrected chi connectivity index (χ0v) is 10.0. The topological polar surface area (TPSA) is 42.4 Å². The van der Waals surface area contributed by atoms with Crippen LogP contribution < -0.4 is 0 Å². The van der Waals surface area contributed by atoms with Crippen molar-refractivity contribution in [1.29, 1.82) is 0 Å². The number of hydrogen-bond donors (Lipinski definition) is 1. The molecule has 0 aliphatic carbocycles. The van der Waals surface area contributed by atoms with Gasteiger partial charge in [-0.3, -0.25) is 0 Å². The largest absolute Gasteiger partial charge is 0.390 e. The standard InChI is InChI=1S/C11H14BrNO2/c12-11-2-1-9(10(7-14)13-11)8-3-5-15-6-4-8/h1-2,8,14H,3-7H2. The third kappa shape index (κ3) is 2.56. The van der Waals surface area contributed by atoms with E-state index >= 15 is 0 Å². The van der Waals surface area contributed by atoms with Gasteiger partial charge in [0, 0.05) is 13.2 Å². The van der Waals surface area contributed by atoms with Crippen molar-refractivity contribution in [3.8, 4) is 0 Å².